The molecule has 5 heteroatoms. The molecule has 0 N–H and O–H groups in total. The Morgan fingerprint density at radius 2 is 1.94 bits per heavy atom. The van der Waals surface area contributed by atoms with E-state index in [1.54, 1.807) is 0 Å². The third kappa shape index (κ3) is 2.03. The predicted molar refractivity (Wildman–Crippen MR) is 63.2 cm³/mol. The summed E-state index contributed by atoms with van der Waals surface area (Å²) in [6, 6.07) is 7.53. The molecule has 2 rings (SSSR count). The van der Waals surface area contributed by atoms with Gasteiger partial charge in [-0.25, -0.2) is 0 Å². The zero-order valence-electron chi connectivity index (χ0n) is 9.05. The van der Waals surface area contributed by atoms with Gasteiger partial charge in [0, 0.05) is 5.56 Å². The summed E-state index contributed by atoms with van der Waals surface area (Å²) in [4.78, 5) is 3.96. The van der Waals surface area contributed by atoms with Crippen LogP contribution in [0.3, 0.4) is 0 Å². The fourth-order valence-corrected chi connectivity index (χ4v) is 1.43. The Morgan fingerprint density at radius 3 is 2.44 bits per heavy atom. The summed E-state index contributed by atoms with van der Waals surface area (Å²) in [6.07, 6.45) is 1.97. The molecule has 0 atom stereocenters. The Balaban J connectivity index is 2.30. The van der Waals surface area contributed by atoms with Crippen molar-refractivity contribution in [2.45, 2.75) is 18.6 Å². The van der Waals surface area contributed by atoms with Crippen molar-refractivity contribution in [3.63, 3.8) is 0 Å². The van der Waals surface area contributed by atoms with Crippen LogP contribution in [0.15, 0.2) is 35.2 Å². The van der Waals surface area contributed by atoms with E-state index in [9.17, 15) is 0 Å². The minimum absolute atomic E-state index is 0.558. The van der Waals surface area contributed by atoms with Crippen LogP contribution in [-0.2, 0) is 5.21 Å². The maximum Gasteiger partial charge on any atom is 0.214 e. The average molecular weight is 208 g/mol. The molecule has 0 spiro atoms. The molecule has 0 unspecified atom stereocenters. The van der Waals surface area contributed by atoms with Crippen molar-refractivity contribution in [3.8, 4) is 11.4 Å². The summed E-state index contributed by atoms with van der Waals surface area (Å²) in [7, 11) is 11.9. The number of hydrogen-bond acceptors (Lipinski definition) is 3. The maximum atomic E-state index is 5.93. The lowest BCUT2D eigenvalue weighted by atomic mass is 9.50. The molecule has 1 aromatic carbocycles. The molecule has 3 nitrogen and oxygen atoms in total. The van der Waals surface area contributed by atoms with Gasteiger partial charge in [0.2, 0.25) is 12.2 Å². The molecule has 0 aliphatic heterocycles. The molecule has 0 aliphatic carbocycles. The number of rotatable bonds is 3. The molecule has 1 heterocycles. The Hall–Kier alpha value is -1.51. The first-order valence-corrected chi connectivity index (χ1v) is 5.08. The smallest absolute Gasteiger partial charge is 0.214 e. The highest BCUT2D eigenvalue weighted by Gasteiger charge is 2.16. The first-order chi connectivity index (χ1) is 7.63. The van der Waals surface area contributed by atoms with Crippen LogP contribution in [0, 0.1) is 0 Å². The molecule has 0 saturated carbocycles. The van der Waals surface area contributed by atoms with E-state index >= 15 is 0 Å². The van der Waals surface area contributed by atoms with Crippen LogP contribution < -0.4 is 0 Å². The van der Waals surface area contributed by atoms with Crippen molar-refractivity contribution in [1.82, 2.24) is 10.1 Å². The molecule has 1 aromatic heterocycles. The van der Waals surface area contributed by atoms with Gasteiger partial charge in [-0.1, -0.05) is 53.5 Å². The van der Waals surface area contributed by atoms with Crippen LogP contribution in [-0.4, -0.2) is 25.8 Å². The summed E-state index contributed by atoms with van der Waals surface area (Å²) < 4.78 is 4.68. The molecule has 16 heavy (non-hydrogen) atoms. The molecule has 0 fully saturated rings. The molecular weight excluding hydrogens is 198 g/mol. The maximum absolute atomic E-state index is 5.93. The second kappa shape index (κ2) is 4.16. The van der Waals surface area contributed by atoms with E-state index in [0.717, 1.165) is 11.1 Å². The summed E-state index contributed by atoms with van der Waals surface area (Å²) >= 11 is 0. The highest BCUT2D eigenvalue weighted by molar-refractivity contribution is 6.40. The van der Waals surface area contributed by atoms with Crippen molar-refractivity contribution in [2.75, 3.05) is 0 Å². The quantitative estimate of drug-likeness (QED) is 0.719. The molecular formula is C11H10B2N2O. The summed E-state index contributed by atoms with van der Waals surface area (Å²) in [6.45, 7) is 1.95. The third-order valence-electron chi connectivity index (χ3n) is 2.63. The molecule has 4 radical (unpaired) electrons. The SMILES string of the molecule is [B]C([B])(CC)c1ccc(-c2ncon2)cc1. The van der Waals surface area contributed by atoms with Crippen molar-refractivity contribution in [1.29, 1.82) is 0 Å². The predicted octanol–water partition coefficient (Wildman–Crippen LogP) is 1.64. The van der Waals surface area contributed by atoms with Crippen molar-refractivity contribution < 1.29 is 4.52 Å². The lowest BCUT2D eigenvalue weighted by Gasteiger charge is -2.24. The first kappa shape index (κ1) is 11.0. The van der Waals surface area contributed by atoms with E-state index < -0.39 is 5.21 Å². The fraction of sp³-hybridized carbons (Fsp3) is 0.273. The third-order valence-corrected chi connectivity index (χ3v) is 2.63. The monoisotopic (exact) mass is 208 g/mol. The molecule has 76 valence electrons. The number of benzene rings is 1. The van der Waals surface area contributed by atoms with Gasteiger partial charge in [-0.2, -0.15) is 4.98 Å². The van der Waals surface area contributed by atoms with E-state index in [2.05, 4.69) is 14.7 Å². The highest BCUT2D eigenvalue weighted by Crippen LogP contribution is 2.23. The minimum Gasteiger partial charge on any atom is -0.342 e. The Labute approximate surface area is 97.1 Å². The Kier molecular flexibility index (Phi) is 2.86. The van der Waals surface area contributed by atoms with Gasteiger partial charge >= 0.3 is 0 Å². The van der Waals surface area contributed by atoms with Crippen LogP contribution in [0.2, 0.25) is 0 Å². The molecule has 2 aromatic rings. The largest absolute Gasteiger partial charge is 0.342 e. The van der Waals surface area contributed by atoms with Gasteiger partial charge in [-0.3, -0.25) is 0 Å². The Morgan fingerprint density at radius 1 is 1.25 bits per heavy atom. The van der Waals surface area contributed by atoms with Crippen LogP contribution in [0.25, 0.3) is 11.4 Å². The summed E-state index contributed by atoms with van der Waals surface area (Å²) in [5, 5.41) is 2.97. The average Bonchev–Trinajstić information content (AvgIpc) is 2.83. The fourth-order valence-electron chi connectivity index (χ4n) is 1.43. The molecule has 0 aliphatic rings. The molecule has 0 bridgehead atoms. The second-order valence-corrected chi connectivity index (χ2v) is 3.73. The van der Waals surface area contributed by atoms with E-state index in [0.29, 0.717) is 12.2 Å². The van der Waals surface area contributed by atoms with E-state index in [1.165, 1.54) is 6.39 Å². The van der Waals surface area contributed by atoms with Crippen LogP contribution in [0.1, 0.15) is 18.9 Å². The second-order valence-electron chi connectivity index (χ2n) is 3.73. The lowest BCUT2D eigenvalue weighted by molar-refractivity contribution is 0.419. The van der Waals surface area contributed by atoms with Gasteiger partial charge in [0.1, 0.15) is 0 Å². The van der Waals surface area contributed by atoms with Gasteiger partial charge < -0.3 is 4.52 Å². The number of hydrogen-bond donors (Lipinski definition) is 0. The lowest BCUT2D eigenvalue weighted by Crippen LogP contribution is -2.25. The first-order valence-electron chi connectivity index (χ1n) is 5.08. The van der Waals surface area contributed by atoms with Gasteiger partial charge in [0.25, 0.3) is 0 Å². The van der Waals surface area contributed by atoms with Gasteiger partial charge in [-0.05, 0) is 0 Å². The van der Waals surface area contributed by atoms with Crippen LogP contribution in [0.5, 0.6) is 0 Å². The minimum atomic E-state index is -0.782. The van der Waals surface area contributed by atoms with Gasteiger partial charge in [0.15, 0.2) is 0 Å². The van der Waals surface area contributed by atoms with Gasteiger partial charge in [0.05, 0.1) is 15.7 Å². The van der Waals surface area contributed by atoms with Crippen LogP contribution >= 0.6 is 0 Å². The Bertz CT molecular complexity index is 451. The summed E-state index contributed by atoms with van der Waals surface area (Å²) in [5.74, 6) is 0.558. The van der Waals surface area contributed by atoms with Gasteiger partial charge in [-0.15, -0.1) is 0 Å². The molecule has 0 saturated heterocycles. The van der Waals surface area contributed by atoms with Crippen molar-refractivity contribution >= 4 is 15.7 Å². The summed E-state index contributed by atoms with van der Waals surface area (Å²) in [5.41, 5.74) is 1.77. The normalized spacial score (nSPS) is 11.6. The van der Waals surface area contributed by atoms with Crippen molar-refractivity contribution in [3.05, 3.63) is 36.2 Å². The zero-order chi connectivity index (χ0) is 11.6. The zero-order valence-corrected chi connectivity index (χ0v) is 9.05. The van der Waals surface area contributed by atoms with E-state index in [-0.39, 0.29) is 0 Å². The standard InChI is InChI=1S/C11H10B2N2O/c1-2-11(12,13)9-5-3-8(4-6-9)10-14-7-16-15-10/h3-7H,2H2,1H3. The van der Waals surface area contributed by atoms with Crippen LogP contribution in [0.4, 0.5) is 0 Å². The highest BCUT2D eigenvalue weighted by atomic mass is 16.5. The van der Waals surface area contributed by atoms with Crippen molar-refractivity contribution in [2.24, 2.45) is 0 Å². The molecule has 0 amide bonds. The van der Waals surface area contributed by atoms with E-state index in [4.69, 9.17) is 15.7 Å². The number of aromatic nitrogens is 2. The number of nitrogens with zero attached hydrogens (tertiary/aromatic N) is 2. The topological polar surface area (TPSA) is 38.9 Å². The van der Waals surface area contributed by atoms with E-state index in [1.807, 2.05) is 31.2 Å².